The lowest BCUT2D eigenvalue weighted by molar-refractivity contribution is -0.138. The first-order chi connectivity index (χ1) is 18.0. The van der Waals surface area contributed by atoms with E-state index in [0.29, 0.717) is 15.4 Å². The largest absolute Gasteiger partial charge is 0.416 e. The summed E-state index contributed by atoms with van der Waals surface area (Å²) in [6.07, 6.45) is -3.96. The van der Waals surface area contributed by atoms with Crippen LogP contribution in [0.1, 0.15) is 41.7 Å². The van der Waals surface area contributed by atoms with E-state index < -0.39 is 35.2 Å². The van der Waals surface area contributed by atoms with Crippen molar-refractivity contribution in [1.82, 2.24) is 19.9 Å². The number of hydrogen-bond acceptors (Lipinski definition) is 7. The van der Waals surface area contributed by atoms with Crippen LogP contribution in [0, 0.1) is 6.92 Å². The molecule has 3 amide bonds. The molecule has 5 rings (SSSR count). The Bertz CT molecular complexity index is 1680. The van der Waals surface area contributed by atoms with Gasteiger partial charge in [-0.1, -0.05) is 6.07 Å². The number of aromatic nitrogens is 3. The number of halogens is 3. The highest BCUT2D eigenvalue weighted by Gasteiger charge is 2.31. The molecule has 9 nitrogen and oxygen atoms in total. The first-order valence-electron chi connectivity index (χ1n) is 11.6. The van der Waals surface area contributed by atoms with E-state index in [1.165, 1.54) is 22.0 Å². The Morgan fingerprint density at radius 3 is 2.71 bits per heavy atom. The van der Waals surface area contributed by atoms with Gasteiger partial charge in [-0.15, -0.1) is 11.3 Å². The number of aryl methyl sites for hydroxylation is 2. The molecule has 1 aliphatic rings. The normalized spacial score (nSPS) is 16.2. The van der Waals surface area contributed by atoms with Crippen LogP contribution in [0.15, 0.2) is 41.2 Å². The summed E-state index contributed by atoms with van der Waals surface area (Å²) in [5.74, 6) is -1.10. The van der Waals surface area contributed by atoms with Gasteiger partial charge in [0.1, 0.15) is 17.4 Å². The maximum atomic E-state index is 13.3. The van der Waals surface area contributed by atoms with Gasteiger partial charge in [0.25, 0.3) is 5.56 Å². The predicted octanol–water partition coefficient (Wildman–Crippen LogP) is 3.88. The van der Waals surface area contributed by atoms with Crippen LogP contribution in [0.2, 0.25) is 0 Å². The molecule has 0 bridgehead atoms. The number of nitrogens with zero attached hydrogens (tertiary/aromatic N) is 3. The lowest BCUT2D eigenvalue weighted by Crippen LogP contribution is -2.45. The van der Waals surface area contributed by atoms with Gasteiger partial charge in [0, 0.05) is 19.3 Å². The summed E-state index contributed by atoms with van der Waals surface area (Å²) in [7, 11) is 0. The standard InChI is InChI=1S/C25H20F3N5O4S/c1-12-29-22-14(24(37)33(12)17-6-8-20(35)32-23(17)36)3-2-4-15(22)30-19(34)9-10-21-31-16-11-13(25(26,27)28)5-7-18(16)38-21/h2-5,7,11,17H,6,8-10H2,1H3,(H,30,34)(H,32,35,36). The van der Waals surface area contributed by atoms with Gasteiger partial charge in [-0.2, -0.15) is 13.2 Å². The van der Waals surface area contributed by atoms with Crippen LogP contribution in [-0.2, 0) is 27.0 Å². The fourth-order valence-corrected chi connectivity index (χ4v) is 5.36. The molecule has 4 aromatic rings. The van der Waals surface area contributed by atoms with Crippen molar-refractivity contribution in [1.29, 1.82) is 0 Å². The summed E-state index contributed by atoms with van der Waals surface area (Å²) in [6.45, 7) is 1.57. The van der Waals surface area contributed by atoms with Crippen LogP contribution >= 0.6 is 11.3 Å². The third-order valence-corrected chi connectivity index (χ3v) is 7.32. The minimum atomic E-state index is -4.46. The molecule has 38 heavy (non-hydrogen) atoms. The van der Waals surface area contributed by atoms with Gasteiger partial charge in [-0.05, 0) is 43.7 Å². The topological polar surface area (TPSA) is 123 Å². The second-order valence-corrected chi connectivity index (χ2v) is 9.95. The number of carbonyl (C=O) groups excluding carboxylic acids is 3. The number of hydrogen-bond donors (Lipinski definition) is 2. The van der Waals surface area contributed by atoms with Crippen molar-refractivity contribution >= 4 is 55.9 Å². The molecule has 13 heteroatoms. The molecule has 1 aliphatic heterocycles. The lowest BCUT2D eigenvalue weighted by Gasteiger charge is -2.24. The Labute approximate surface area is 216 Å². The number of fused-ring (bicyclic) bond motifs is 2. The van der Waals surface area contributed by atoms with Gasteiger partial charge in [0.2, 0.25) is 17.7 Å². The molecule has 2 aromatic carbocycles. The van der Waals surface area contributed by atoms with E-state index >= 15 is 0 Å². The highest BCUT2D eigenvalue weighted by Crippen LogP contribution is 2.33. The van der Waals surface area contributed by atoms with E-state index in [1.54, 1.807) is 25.1 Å². The molecule has 0 saturated carbocycles. The van der Waals surface area contributed by atoms with Crippen molar-refractivity contribution in [3.8, 4) is 0 Å². The molecule has 196 valence electrons. The van der Waals surface area contributed by atoms with Gasteiger partial charge in [-0.3, -0.25) is 29.1 Å². The summed E-state index contributed by atoms with van der Waals surface area (Å²) in [5.41, 5.74) is -0.462. The van der Waals surface area contributed by atoms with Gasteiger partial charge in [0.15, 0.2) is 0 Å². The first-order valence-corrected chi connectivity index (χ1v) is 12.4. The SMILES string of the molecule is Cc1nc2c(NC(=O)CCc3nc4cc(C(F)(F)F)ccc4s3)cccc2c(=O)n1C1CCC(=O)NC1=O. The van der Waals surface area contributed by atoms with Crippen LogP contribution < -0.4 is 16.2 Å². The molecule has 1 saturated heterocycles. The first kappa shape index (κ1) is 25.5. The molecule has 3 heterocycles. The highest BCUT2D eigenvalue weighted by molar-refractivity contribution is 7.18. The molecular weight excluding hydrogens is 523 g/mol. The number of nitrogens with one attached hydrogen (secondary N) is 2. The number of amides is 3. The number of piperidine rings is 1. The zero-order valence-corrected chi connectivity index (χ0v) is 20.7. The third-order valence-electron chi connectivity index (χ3n) is 6.23. The zero-order valence-electron chi connectivity index (χ0n) is 19.9. The Morgan fingerprint density at radius 1 is 1.18 bits per heavy atom. The van der Waals surface area contributed by atoms with E-state index in [-0.39, 0.29) is 53.8 Å². The highest BCUT2D eigenvalue weighted by atomic mass is 32.1. The van der Waals surface area contributed by atoms with Crippen molar-refractivity contribution in [2.75, 3.05) is 5.32 Å². The quantitative estimate of drug-likeness (QED) is 0.369. The number of carbonyl (C=O) groups is 3. The Kier molecular flexibility index (Phi) is 6.47. The number of benzene rings is 2. The van der Waals surface area contributed by atoms with E-state index in [2.05, 4.69) is 20.6 Å². The lowest BCUT2D eigenvalue weighted by atomic mass is 10.1. The average molecular weight is 544 g/mol. The smallest absolute Gasteiger partial charge is 0.324 e. The van der Waals surface area contributed by atoms with Crippen molar-refractivity contribution < 1.29 is 27.6 Å². The monoisotopic (exact) mass is 543 g/mol. The number of anilines is 1. The second kappa shape index (κ2) is 9.63. The van der Waals surface area contributed by atoms with Crippen molar-refractivity contribution in [3.63, 3.8) is 0 Å². The molecular formula is C25H20F3N5O4S. The number of alkyl halides is 3. The molecule has 1 unspecified atom stereocenters. The maximum absolute atomic E-state index is 13.3. The van der Waals surface area contributed by atoms with Crippen LogP contribution in [0.4, 0.5) is 18.9 Å². The Hall–Kier alpha value is -4.13. The minimum absolute atomic E-state index is 0.00859. The van der Waals surface area contributed by atoms with Crippen LogP contribution in [0.5, 0.6) is 0 Å². The molecule has 0 radical (unpaired) electrons. The van der Waals surface area contributed by atoms with Crippen molar-refractivity contribution in [2.45, 2.75) is 44.8 Å². The Morgan fingerprint density at radius 2 is 1.97 bits per heavy atom. The van der Waals surface area contributed by atoms with E-state index in [4.69, 9.17) is 0 Å². The summed E-state index contributed by atoms with van der Waals surface area (Å²) in [5, 5.41) is 5.70. The second-order valence-electron chi connectivity index (χ2n) is 8.84. The number of para-hydroxylation sites is 1. The van der Waals surface area contributed by atoms with E-state index in [0.717, 1.165) is 12.1 Å². The summed E-state index contributed by atoms with van der Waals surface area (Å²) in [6, 6.07) is 7.21. The van der Waals surface area contributed by atoms with Crippen LogP contribution in [0.3, 0.4) is 0 Å². The van der Waals surface area contributed by atoms with Crippen LogP contribution in [0.25, 0.3) is 21.1 Å². The molecule has 2 aromatic heterocycles. The third kappa shape index (κ3) is 4.88. The van der Waals surface area contributed by atoms with Gasteiger partial charge < -0.3 is 5.32 Å². The average Bonchev–Trinajstić information content (AvgIpc) is 3.26. The van der Waals surface area contributed by atoms with E-state index in [9.17, 15) is 32.3 Å². The maximum Gasteiger partial charge on any atom is 0.416 e. The molecule has 0 aliphatic carbocycles. The fraction of sp³-hybridized carbons (Fsp3) is 0.280. The summed E-state index contributed by atoms with van der Waals surface area (Å²) >= 11 is 1.22. The zero-order chi connectivity index (χ0) is 27.2. The molecule has 1 atom stereocenters. The van der Waals surface area contributed by atoms with Crippen LogP contribution in [-0.4, -0.2) is 32.3 Å². The summed E-state index contributed by atoms with van der Waals surface area (Å²) < 4.78 is 40.7. The molecule has 1 fully saturated rings. The number of imide groups is 1. The number of thiazole rings is 1. The van der Waals surface area contributed by atoms with Gasteiger partial charge >= 0.3 is 6.18 Å². The fourth-order valence-electron chi connectivity index (χ4n) is 4.42. The minimum Gasteiger partial charge on any atom is -0.324 e. The molecule has 0 spiro atoms. The van der Waals surface area contributed by atoms with E-state index in [1.807, 2.05) is 0 Å². The van der Waals surface area contributed by atoms with Gasteiger partial charge in [-0.25, -0.2) is 9.97 Å². The summed E-state index contributed by atoms with van der Waals surface area (Å²) in [4.78, 5) is 58.5. The predicted molar refractivity (Wildman–Crippen MR) is 134 cm³/mol. The van der Waals surface area contributed by atoms with Crippen molar-refractivity contribution in [2.24, 2.45) is 0 Å². The number of rotatable bonds is 5. The molecule has 2 N–H and O–H groups in total. The van der Waals surface area contributed by atoms with Crippen molar-refractivity contribution in [3.05, 3.63) is 63.1 Å². The van der Waals surface area contributed by atoms with Gasteiger partial charge in [0.05, 0.1) is 31.9 Å². The Balaban J connectivity index is 1.34.